The fourth-order valence-corrected chi connectivity index (χ4v) is 3.21. The first-order chi connectivity index (χ1) is 11.6. The van der Waals surface area contributed by atoms with E-state index in [1.54, 1.807) is 0 Å². The van der Waals surface area contributed by atoms with Crippen LogP contribution in [0.3, 0.4) is 0 Å². The van der Waals surface area contributed by atoms with E-state index in [-0.39, 0.29) is 0 Å². The van der Waals surface area contributed by atoms with Crippen molar-refractivity contribution < 1.29 is 0 Å². The molecule has 128 valence electrons. The molecule has 1 unspecified atom stereocenters. The molecule has 1 atom stereocenters. The smallest absolute Gasteiger partial charge is 0.227 e. The zero-order valence-corrected chi connectivity index (χ0v) is 14.9. The molecule has 0 aliphatic carbocycles. The van der Waals surface area contributed by atoms with Crippen molar-refractivity contribution in [2.45, 2.75) is 33.1 Å². The summed E-state index contributed by atoms with van der Waals surface area (Å²) in [4.78, 5) is 18.1. The molecular weight excluding hydrogens is 298 g/mol. The molecule has 0 amide bonds. The van der Waals surface area contributed by atoms with Gasteiger partial charge in [-0.2, -0.15) is 4.98 Å². The largest absolute Gasteiger partial charge is 0.359 e. The molecule has 5 nitrogen and oxygen atoms in total. The second-order valence-electron chi connectivity index (χ2n) is 6.89. The minimum atomic E-state index is 0.718. The lowest BCUT2D eigenvalue weighted by atomic mass is 10.0. The molecule has 2 aromatic rings. The van der Waals surface area contributed by atoms with Gasteiger partial charge in [-0.05, 0) is 49.8 Å². The second-order valence-corrected chi connectivity index (χ2v) is 6.89. The van der Waals surface area contributed by atoms with Gasteiger partial charge in [-0.3, -0.25) is 4.98 Å². The monoisotopic (exact) mass is 325 g/mol. The van der Waals surface area contributed by atoms with E-state index >= 15 is 0 Å². The maximum absolute atomic E-state index is 4.83. The van der Waals surface area contributed by atoms with Crippen LogP contribution in [0.5, 0.6) is 0 Å². The highest BCUT2D eigenvalue weighted by atomic mass is 15.3. The average molecular weight is 325 g/mol. The number of likely N-dealkylation sites (N-methyl/N-ethyl adjacent to an activating group) is 1. The van der Waals surface area contributed by atoms with Gasteiger partial charge in [0.05, 0.1) is 0 Å². The molecule has 24 heavy (non-hydrogen) atoms. The van der Waals surface area contributed by atoms with Crippen LogP contribution in [0.15, 0.2) is 30.6 Å². The SMILES string of the molecule is Cc1cc(N(C)CCc2ccncc2)nc(N2CCCC(C)C2)n1. The van der Waals surface area contributed by atoms with Crippen LogP contribution in [0.25, 0.3) is 0 Å². The van der Waals surface area contributed by atoms with Gasteiger partial charge < -0.3 is 9.80 Å². The molecule has 1 fully saturated rings. The molecule has 0 spiro atoms. The van der Waals surface area contributed by atoms with Crippen LogP contribution in [0.4, 0.5) is 11.8 Å². The summed E-state index contributed by atoms with van der Waals surface area (Å²) < 4.78 is 0. The third kappa shape index (κ3) is 4.22. The highest BCUT2D eigenvalue weighted by Gasteiger charge is 2.19. The summed E-state index contributed by atoms with van der Waals surface area (Å²) in [6, 6.07) is 6.21. The molecule has 3 rings (SSSR count). The molecule has 0 aromatic carbocycles. The van der Waals surface area contributed by atoms with E-state index in [9.17, 15) is 0 Å². The lowest BCUT2D eigenvalue weighted by Crippen LogP contribution is -2.36. The number of nitrogens with zero attached hydrogens (tertiary/aromatic N) is 5. The van der Waals surface area contributed by atoms with Crippen molar-refractivity contribution >= 4 is 11.8 Å². The minimum absolute atomic E-state index is 0.718. The summed E-state index contributed by atoms with van der Waals surface area (Å²) in [6.07, 6.45) is 7.21. The van der Waals surface area contributed by atoms with Gasteiger partial charge >= 0.3 is 0 Å². The van der Waals surface area contributed by atoms with E-state index in [2.05, 4.69) is 58.9 Å². The Morgan fingerprint density at radius 1 is 1.25 bits per heavy atom. The van der Waals surface area contributed by atoms with E-state index in [1.165, 1.54) is 18.4 Å². The zero-order valence-electron chi connectivity index (χ0n) is 14.9. The summed E-state index contributed by atoms with van der Waals surface area (Å²) >= 11 is 0. The lowest BCUT2D eigenvalue weighted by Gasteiger charge is -2.31. The number of rotatable bonds is 5. The minimum Gasteiger partial charge on any atom is -0.359 e. The predicted octanol–water partition coefficient (Wildman–Crippen LogP) is 3.10. The van der Waals surface area contributed by atoms with Crippen molar-refractivity contribution in [1.82, 2.24) is 15.0 Å². The van der Waals surface area contributed by atoms with E-state index in [1.807, 2.05) is 12.4 Å². The Hall–Kier alpha value is -2.17. The van der Waals surface area contributed by atoms with Gasteiger partial charge in [-0.25, -0.2) is 4.98 Å². The molecule has 1 saturated heterocycles. The predicted molar refractivity (Wildman–Crippen MR) is 98.6 cm³/mol. The number of anilines is 2. The van der Waals surface area contributed by atoms with Crippen LogP contribution >= 0.6 is 0 Å². The highest BCUT2D eigenvalue weighted by Crippen LogP contribution is 2.22. The number of aromatic nitrogens is 3. The number of hydrogen-bond acceptors (Lipinski definition) is 5. The summed E-state index contributed by atoms with van der Waals surface area (Å²) in [5, 5.41) is 0. The van der Waals surface area contributed by atoms with Gasteiger partial charge in [0.25, 0.3) is 0 Å². The van der Waals surface area contributed by atoms with Gasteiger partial charge in [-0.1, -0.05) is 6.92 Å². The molecule has 0 bridgehead atoms. The Balaban J connectivity index is 1.70. The molecule has 1 aliphatic rings. The molecule has 5 heteroatoms. The molecule has 0 radical (unpaired) electrons. The maximum atomic E-state index is 4.83. The van der Waals surface area contributed by atoms with Gasteiger partial charge in [0.1, 0.15) is 5.82 Å². The van der Waals surface area contributed by atoms with Gasteiger partial charge in [0.15, 0.2) is 0 Å². The Morgan fingerprint density at radius 3 is 2.79 bits per heavy atom. The normalized spacial score (nSPS) is 17.8. The van der Waals surface area contributed by atoms with E-state index in [4.69, 9.17) is 4.98 Å². The van der Waals surface area contributed by atoms with Gasteiger partial charge in [-0.15, -0.1) is 0 Å². The van der Waals surface area contributed by atoms with Crippen LogP contribution in [0, 0.1) is 12.8 Å². The molecule has 3 heterocycles. The van der Waals surface area contributed by atoms with E-state index in [0.717, 1.165) is 49.4 Å². The fourth-order valence-electron chi connectivity index (χ4n) is 3.21. The van der Waals surface area contributed by atoms with Crippen LogP contribution in [0.2, 0.25) is 0 Å². The average Bonchev–Trinajstić information content (AvgIpc) is 2.60. The Morgan fingerprint density at radius 2 is 2.04 bits per heavy atom. The van der Waals surface area contributed by atoms with Crippen molar-refractivity contribution in [3.8, 4) is 0 Å². The van der Waals surface area contributed by atoms with Crippen LogP contribution in [-0.2, 0) is 6.42 Å². The third-order valence-corrected chi connectivity index (χ3v) is 4.65. The molecule has 2 aromatic heterocycles. The Kier molecular flexibility index (Phi) is 5.28. The topological polar surface area (TPSA) is 45.2 Å². The first-order valence-corrected chi connectivity index (χ1v) is 8.82. The van der Waals surface area contributed by atoms with Crippen molar-refractivity contribution in [3.05, 3.63) is 41.9 Å². The fraction of sp³-hybridized carbons (Fsp3) is 0.526. The van der Waals surface area contributed by atoms with Crippen molar-refractivity contribution in [2.24, 2.45) is 5.92 Å². The third-order valence-electron chi connectivity index (χ3n) is 4.65. The van der Waals surface area contributed by atoms with Crippen molar-refractivity contribution in [1.29, 1.82) is 0 Å². The Bertz CT molecular complexity index is 658. The summed E-state index contributed by atoms with van der Waals surface area (Å²) in [7, 11) is 2.10. The zero-order chi connectivity index (χ0) is 16.9. The number of aryl methyl sites for hydroxylation is 1. The number of piperidine rings is 1. The van der Waals surface area contributed by atoms with E-state index < -0.39 is 0 Å². The maximum Gasteiger partial charge on any atom is 0.227 e. The first-order valence-electron chi connectivity index (χ1n) is 8.82. The van der Waals surface area contributed by atoms with Crippen molar-refractivity contribution in [2.75, 3.05) is 36.5 Å². The Labute approximate surface area is 144 Å². The molecule has 0 N–H and O–H groups in total. The molecular formula is C19H27N5. The summed E-state index contributed by atoms with van der Waals surface area (Å²) in [5.74, 6) is 2.60. The number of pyridine rings is 1. The number of hydrogen-bond donors (Lipinski definition) is 0. The van der Waals surface area contributed by atoms with Crippen molar-refractivity contribution in [3.63, 3.8) is 0 Å². The highest BCUT2D eigenvalue weighted by molar-refractivity contribution is 5.45. The second kappa shape index (κ2) is 7.60. The van der Waals surface area contributed by atoms with Gasteiger partial charge in [0, 0.05) is 50.8 Å². The van der Waals surface area contributed by atoms with Crippen LogP contribution in [0.1, 0.15) is 31.0 Å². The summed E-state index contributed by atoms with van der Waals surface area (Å²) in [6.45, 7) is 7.41. The summed E-state index contributed by atoms with van der Waals surface area (Å²) in [5.41, 5.74) is 2.33. The molecule has 0 saturated carbocycles. The lowest BCUT2D eigenvalue weighted by molar-refractivity contribution is 0.442. The molecule has 1 aliphatic heterocycles. The quantitative estimate of drug-likeness (QED) is 0.845. The van der Waals surface area contributed by atoms with Crippen LogP contribution in [-0.4, -0.2) is 41.6 Å². The van der Waals surface area contributed by atoms with Gasteiger partial charge in [0.2, 0.25) is 5.95 Å². The standard InChI is InChI=1S/C19H27N5/c1-15-5-4-11-24(14-15)19-21-16(2)13-18(22-19)23(3)12-8-17-6-9-20-10-7-17/h6-7,9-10,13,15H,4-5,8,11-12,14H2,1-3H3. The van der Waals surface area contributed by atoms with Crippen LogP contribution < -0.4 is 9.80 Å². The van der Waals surface area contributed by atoms with E-state index in [0.29, 0.717) is 0 Å². The first kappa shape index (κ1) is 16.7.